The Hall–Kier alpha value is -1.14. The lowest BCUT2D eigenvalue weighted by Crippen LogP contribution is -2.86. The van der Waals surface area contributed by atoms with Crippen LogP contribution in [0.3, 0.4) is 0 Å². The van der Waals surface area contributed by atoms with E-state index in [1.165, 1.54) is 51.9 Å². The van der Waals surface area contributed by atoms with E-state index in [0.717, 1.165) is 11.8 Å². The molecule has 0 aromatic rings. The highest BCUT2D eigenvalue weighted by atomic mass is 16.4. The number of carbonyl (C=O) groups is 2. The quantitative estimate of drug-likeness (QED) is 0.449. The molecule has 0 spiro atoms. The summed E-state index contributed by atoms with van der Waals surface area (Å²) < 4.78 is 0. The van der Waals surface area contributed by atoms with Crippen molar-refractivity contribution in [2.45, 2.75) is 39.5 Å². The Morgan fingerprint density at radius 1 is 0.750 bits per heavy atom. The average molecular weight is 288 g/mol. The molecule has 2 aliphatic heterocycles. The number of piperidine rings is 2. The molecular weight excluding hydrogens is 260 g/mol. The molecule has 2 heterocycles. The van der Waals surface area contributed by atoms with Crippen LogP contribution in [-0.2, 0) is 9.59 Å². The van der Waals surface area contributed by atoms with E-state index >= 15 is 0 Å². The molecule has 0 unspecified atom stereocenters. The summed E-state index contributed by atoms with van der Waals surface area (Å²) in [5, 5.41) is 22.7. The van der Waals surface area contributed by atoms with Crippen LogP contribution in [0.1, 0.15) is 39.5 Å². The summed E-state index contributed by atoms with van der Waals surface area (Å²) >= 11 is 0. The van der Waals surface area contributed by atoms with Crippen LogP contribution in [0.15, 0.2) is 0 Å². The van der Waals surface area contributed by atoms with Crippen molar-refractivity contribution in [3.63, 3.8) is 0 Å². The van der Waals surface area contributed by atoms with Crippen molar-refractivity contribution in [2.24, 2.45) is 11.8 Å². The smallest absolute Gasteiger partial charge is 0.0870 e. The molecule has 0 aromatic carbocycles. The van der Waals surface area contributed by atoms with Crippen LogP contribution in [0.2, 0.25) is 0 Å². The topological polar surface area (TPSA) is 113 Å². The molecule has 20 heavy (non-hydrogen) atoms. The van der Waals surface area contributed by atoms with Crippen LogP contribution in [0.4, 0.5) is 0 Å². The molecule has 0 saturated carbocycles. The molecule has 0 radical (unpaired) electrons. The third kappa shape index (κ3) is 11.9. The van der Waals surface area contributed by atoms with Gasteiger partial charge < -0.3 is 30.4 Å². The van der Waals surface area contributed by atoms with Gasteiger partial charge in [-0.05, 0) is 37.5 Å². The van der Waals surface area contributed by atoms with Gasteiger partial charge in [-0.1, -0.05) is 13.8 Å². The Morgan fingerprint density at radius 3 is 1.10 bits per heavy atom. The maximum absolute atomic E-state index is 8.93. The van der Waals surface area contributed by atoms with Crippen molar-refractivity contribution in [1.82, 2.24) is 0 Å². The molecule has 2 rings (SSSR count). The molecule has 4 N–H and O–H groups in total. The zero-order chi connectivity index (χ0) is 15.4. The summed E-state index contributed by atoms with van der Waals surface area (Å²) in [5.41, 5.74) is 0. The van der Waals surface area contributed by atoms with E-state index in [2.05, 4.69) is 24.5 Å². The van der Waals surface area contributed by atoms with Gasteiger partial charge in [-0.2, -0.15) is 0 Å². The van der Waals surface area contributed by atoms with Crippen molar-refractivity contribution >= 4 is 11.9 Å². The summed E-state index contributed by atoms with van der Waals surface area (Å²) in [6.45, 7) is 10.1. The van der Waals surface area contributed by atoms with E-state index in [1.54, 1.807) is 0 Å². The van der Waals surface area contributed by atoms with E-state index in [0.29, 0.717) is 0 Å². The fraction of sp³-hybridized carbons (Fsp3) is 0.857. The van der Waals surface area contributed by atoms with E-state index in [4.69, 9.17) is 19.8 Å². The van der Waals surface area contributed by atoms with Crippen molar-refractivity contribution in [3.8, 4) is 0 Å². The Labute approximate surface area is 120 Å². The first-order chi connectivity index (χ1) is 9.43. The fourth-order valence-electron chi connectivity index (χ4n) is 2.19. The number of carbonyl (C=O) groups excluding carboxylic acids is 2. The van der Waals surface area contributed by atoms with Gasteiger partial charge in [0.2, 0.25) is 0 Å². The second-order valence-electron chi connectivity index (χ2n) is 5.67. The Morgan fingerprint density at radius 2 is 1.00 bits per heavy atom. The molecule has 2 fully saturated rings. The standard InChI is InChI=1S/2C6H13N.C2H2O4/c2*1-6-2-4-7-5-3-6;3-1(4)2(5)6/h2*6-7H,2-5H2,1H3;(H,3,4)(H,5,6). The molecule has 6 nitrogen and oxygen atoms in total. The van der Waals surface area contributed by atoms with E-state index in [9.17, 15) is 0 Å². The summed E-state index contributed by atoms with van der Waals surface area (Å²) in [5.74, 6) is -2.36. The second-order valence-corrected chi connectivity index (χ2v) is 5.67. The number of hydrogen-bond acceptors (Lipinski definition) is 4. The maximum atomic E-state index is 8.93. The molecule has 2 saturated heterocycles. The molecule has 0 bridgehead atoms. The van der Waals surface area contributed by atoms with Gasteiger partial charge >= 0.3 is 0 Å². The van der Waals surface area contributed by atoms with Gasteiger partial charge in [-0.25, -0.2) is 0 Å². The minimum atomic E-state index is -2.19. The largest absolute Gasteiger partial charge is 0.543 e. The zero-order valence-corrected chi connectivity index (χ0v) is 12.6. The first-order valence-electron chi connectivity index (χ1n) is 7.49. The molecule has 0 aromatic heterocycles. The summed E-state index contributed by atoms with van der Waals surface area (Å²) in [4.78, 5) is 17.9. The number of hydrogen-bond donors (Lipinski definition) is 2. The van der Waals surface area contributed by atoms with E-state index in [1.807, 2.05) is 0 Å². The molecule has 118 valence electrons. The number of quaternary nitrogens is 2. The molecule has 0 atom stereocenters. The number of nitrogens with two attached hydrogens (primary N) is 2. The van der Waals surface area contributed by atoms with Gasteiger partial charge in [0, 0.05) is 0 Å². The molecule has 0 amide bonds. The van der Waals surface area contributed by atoms with Gasteiger partial charge in [0.1, 0.15) is 0 Å². The predicted octanol–water partition coefficient (Wildman–Crippen LogP) is -3.55. The van der Waals surface area contributed by atoms with Crippen LogP contribution in [0.5, 0.6) is 0 Å². The third-order valence-electron chi connectivity index (χ3n) is 3.62. The summed E-state index contributed by atoms with van der Waals surface area (Å²) in [6.07, 6.45) is 5.72. The number of rotatable bonds is 0. The lowest BCUT2D eigenvalue weighted by Gasteiger charge is -2.14. The maximum Gasteiger partial charge on any atom is 0.0870 e. The van der Waals surface area contributed by atoms with E-state index in [-0.39, 0.29) is 0 Å². The monoisotopic (exact) mass is 288 g/mol. The predicted molar refractivity (Wildman–Crippen MR) is 70.1 cm³/mol. The lowest BCUT2D eigenvalue weighted by molar-refractivity contribution is -0.664. The van der Waals surface area contributed by atoms with Crippen LogP contribution in [0.25, 0.3) is 0 Å². The highest BCUT2D eigenvalue weighted by molar-refractivity contribution is 6.25. The first-order valence-corrected chi connectivity index (χ1v) is 7.49. The van der Waals surface area contributed by atoms with Crippen molar-refractivity contribution in [3.05, 3.63) is 0 Å². The van der Waals surface area contributed by atoms with Gasteiger partial charge in [0.25, 0.3) is 0 Å². The lowest BCUT2D eigenvalue weighted by atomic mass is 10.0. The van der Waals surface area contributed by atoms with Crippen molar-refractivity contribution in [1.29, 1.82) is 0 Å². The highest BCUT2D eigenvalue weighted by Crippen LogP contribution is 2.05. The minimum absolute atomic E-state index is 1.00. The van der Waals surface area contributed by atoms with Gasteiger partial charge in [-0.3, -0.25) is 0 Å². The SMILES string of the molecule is CC1CC[NH2+]CC1.CC1CC[NH2+]CC1.O=C([O-])C(=O)[O-]. The van der Waals surface area contributed by atoms with Crippen LogP contribution in [0, 0.1) is 11.8 Å². The molecule has 2 aliphatic rings. The van der Waals surface area contributed by atoms with Crippen LogP contribution >= 0.6 is 0 Å². The molecular formula is C14H28N2O4. The van der Waals surface area contributed by atoms with Crippen molar-refractivity contribution < 1.29 is 30.4 Å². The van der Waals surface area contributed by atoms with Crippen LogP contribution < -0.4 is 20.8 Å². The minimum Gasteiger partial charge on any atom is -0.543 e. The Bertz CT molecular complexity index is 244. The van der Waals surface area contributed by atoms with E-state index < -0.39 is 11.9 Å². The number of carboxylic acids is 2. The third-order valence-corrected chi connectivity index (χ3v) is 3.62. The summed E-state index contributed by atoms with van der Waals surface area (Å²) in [6, 6.07) is 0. The van der Waals surface area contributed by atoms with Crippen molar-refractivity contribution in [2.75, 3.05) is 26.2 Å². The van der Waals surface area contributed by atoms with Gasteiger partial charge in [0.15, 0.2) is 0 Å². The summed E-state index contributed by atoms with van der Waals surface area (Å²) in [7, 11) is 0. The molecule has 6 heteroatoms. The van der Waals surface area contributed by atoms with Gasteiger partial charge in [0.05, 0.1) is 38.1 Å². The normalized spacial score (nSPS) is 19.9. The van der Waals surface area contributed by atoms with Crippen LogP contribution in [-0.4, -0.2) is 38.1 Å². The molecule has 0 aliphatic carbocycles. The average Bonchev–Trinajstić information content (AvgIpc) is 2.42. The number of aliphatic carboxylic acids is 2. The Kier molecular flexibility index (Phi) is 11.0. The Balaban J connectivity index is 0.000000272. The van der Waals surface area contributed by atoms with Gasteiger partial charge in [-0.15, -0.1) is 0 Å². The second kappa shape index (κ2) is 11.7. The number of carboxylic acid groups (broad SMARTS) is 2. The first kappa shape index (κ1) is 18.9. The zero-order valence-electron chi connectivity index (χ0n) is 12.6. The fourth-order valence-corrected chi connectivity index (χ4v) is 2.19. The highest BCUT2D eigenvalue weighted by Gasteiger charge is 2.08.